The lowest BCUT2D eigenvalue weighted by molar-refractivity contribution is 0.766. The quantitative estimate of drug-likeness (QED) is 0.756. The predicted octanol–water partition coefficient (Wildman–Crippen LogP) is 0.653. The van der Waals surface area contributed by atoms with Crippen molar-refractivity contribution in [2.45, 2.75) is 13.5 Å². The minimum absolute atomic E-state index is 0.131. The number of rotatable bonds is 2. The van der Waals surface area contributed by atoms with Crippen LogP contribution in [0.5, 0.6) is 0 Å². The highest BCUT2D eigenvalue weighted by atomic mass is 16.1. The van der Waals surface area contributed by atoms with Crippen molar-refractivity contribution in [1.29, 1.82) is 0 Å². The molecule has 0 aromatic carbocycles. The highest BCUT2D eigenvalue weighted by Crippen LogP contribution is 2.12. The SMILES string of the molecule is CCn1cnnc1-c1cc[nH]c(=O)c1. The van der Waals surface area contributed by atoms with Gasteiger partial charge in [0.25, 0.3) is 0 Å². The Balaban J connectivity index is 2.54. The average Bonchev–Trinajstić information content (AvgIpc) is 2.65. The van der Waals surface area contributed by atoms with E-state index in [1.54, 1.807) is 18.6 Å². The van der Waals surface area contributed by atoms with E-state index in [0.29, 0.717) is 0 Å². The number of hydrogen-bond acceptors (Lipinski definition) is 3. The molecule has 72 valence electrons. The Morgan fingerprint density at radius 3 is 3.14 bits per heavy atom. The molecule has 0 radical (unpaired) electrons. The van der Waals surface area contributed by atoms with E-state index >= 15 is 0 Å². The molecule has 14 heavy (non-hydrogen) atoms. The number of nitrogens with zero attached hydrogens (tertiary/aromatic N) is 3. The first-order chi connectivity index (χ1) is 6.81. The molecule has 5 nitrogen and oxygen atoms in total. The minimum Gasteiger partial charge on any atom is -0.329 e. The number of aromatic nitrogens is 4. The Hall–Kier alpha value is -1.91. The fraction of sp³-hybridized carbons (Fsp3) is 0.222. The molecule has 0 bridgehead atoms. The van der Waals surface area contributed by atoms with E-state index in [9.17, 15) is 4.79 Å². The van der Waals surface area contributed by atoms with E-state index in [4.69, 9.17) is 0 Å². The highest BCUT2D eigenvalue weighted by molar-refractivity contribution is 5.53. The topological polar surface area (TPSA) is 63.6 Å². The molecule has 0 fully saturated rings. The summed E-state index contributed by atoms with van der Waals surface area (Å²) in [4.78, 5) is 13.6. The number of pyridine rings is 1. The van der Waals surface area contributed by atoms with Crippen LogP contribution in [0, 0.1) is 0 Å². The lowest BCUT2D eigenvalue weighted by Crippen LogP contribution is -2.04. The van der Waals surface area contributed by atoms with Crippen molar-refractivity contribution in [2.24, 2.45) is 0 Å². The number of aryl methyl sites for hydroxylation is 1. The van der Waals surface area contributed by atoms with Gasteiger partial charge in [0.2, 0.25) is 5.56 Å². The van der Waals surface area contributed by atoms with E-state index in [-0.39, 0.29) is 5.56 Å². The largest absolute Gasteiger partial charge is 0.329 e. The molecular weight excluding hydrogens is 180 g/mol. The molecule has 0 atom stereocenters. The van der Waals surface area contributed by atoms with Crippen LogP contribution < -0.4 is 5.56 Å². The molecule has 0 spiro atoms. The van der Waals surface area contributed by atoms with Gasteiger partial charge in [-0.3, -0.25) is 4.79 Å². The Morgan fingerprint density at radius 1 is 1.57 bits per heavy atom. The molecule has 2 aromatic rings. The van der Waals surface area contributed by atoms with Gasteiger partial charge < -0.3 is 9.55 Å². The molecule has 5 heteroatoms. The summed E-state index contributed by atoms with van der Waals surface area (Å²) in [5.74, 6) is 0.721. The van der Waals surface area contributed by atoms with Crippen molar-refractivity contribution in [2.75, 3.05) is 0 Å². The zero-order valence-corrected chi connectivity index (χ0v) is 7.77. The first kappa shape index (κ1) is 8.68. The molecule has 0 aliphatic carbocycles. The van der Waals surface area contributed by atoms with E-state index in [1.165, 1.54) is 6.07 Å². The second kappa shape index (κ2) is 3.45. The molecule has 2 aromatic heterocycles. The summed E-state index contributed by atoms with van der Waals surface area (Å²) in [6.07, 6.45) is 3.25. The first-order valence-corrected chi connectivity index (χ1v) is 4.38. The van der Waals surface area contributed by atoms with Crippen LogP contribution >= 0.6 is 0 Å². The van der Waals surface area contributed by atoms with Crippen LogP contribution in [0.2, 0.25) is 0 Å². The van der Waals surface area contributed by atoms with Gasteiger partial charge in [0.05, 0.1) is 0 Å². The van der Waals surface area contributed by atoms with Crippen LogP contribution in [-0.2, 0) is 6.54 Å². The van der Waals surface area contributed by atoms with Crippen molar-refractivity contribution in [3.63, 3.8) is 0 Å². The summed E-state index contributed by atoms with van der Waals surface area (Å²) in [6.45, 7) is 2.79. The van der Waals surface area contributed by atoms with Crippen LogP contribution in [-0.4, -0.2) is 19.7 Å². The monoisotopic (exact) mass is 190 g/mol. The van der Waals surface area contributed by atoms with Crippen LogP contribution in [0.3, 0.4) is 0 Å². The second-order valence-corrected chi connectivity index (χ2v) is 2.88. The van der Waals surface area contributed by atoms with E-state index in [1.807, 2.05) is 11.5 Å². The molecular formula is C9H10N4O. The predicted molar refractivity (Wildman–Crippen MR) is 51.8 cm³/mol. The first-order valence-electron chi connectivity index (χ1n) is 4.38. The molecule has 1 N–H and O–H groups in total. The van der Waals surface area contributed by atoms with Gasteiger partial charge in [0, 0.05) is 24.4 Å². The lowest BCUT2D eigenvalue weighted by Gasteiger charge is -2.01. The lowest BCUT2D eigenvalue weighted by atomic mass is 10.2. The fourth-order valence-corrected chi connectivity index (χ4v) is 1.29. The molecule has 0 saturated carbocycles. The number of aromatic amines is 1. The molecule has 2 rings (SSSR count). The second-order valence-electron chi connectivity index (χ2n) is 2.88. The van der Waals surface area contributed by atoms with Gasteiger partial charge in [-0.05, 0) is 13.0 Å². The molecule has 0 aliphatic heterocycles. The smallest absolute Gasteiger partial charge is 0.248 e. The summed E-state index contributed by atoms with van der Waals surface area (Å²) < 4.78 is 1.88. The normalized spacial score (nSPS) is 10.4. The van der Waals surface area contributed by atoms with Gasteiger partial charge in [0.15, 0.2) is 5.82 Å². The van der Waals surface area contributed by atoms with Crippen molar-refractivity contribution in [3.8, 4) is 11.4 Å². The Morgan fingerprint density at radius 2 is 2.43 bits per heavy atom. The van der Waals surface area contributed by atoms with Gasteiger partial charge in [-0.1, -0.05) is 0 Å². The summed E-state index contributed by atoms with van der Waals surface area (Å²) in [5, 5.41) is 7.76. The van der Waals surface area contributed by atoms with Gasteiger partial charge in [-0.25, -0.2) is 0 Å². The third-order valence-corrected chi connectivity index (χ3v) is 1.99. The number of H-pyrrole nitrogens is 1. The average molecular weight is 190 g/mol. The Labute approximate surface area is 80.4 Å². The number of hydrogen-bond donors (Lipinski definition) is 1. The van der Waals surface area contributed by atoms with Gasteiger partial charge in [-0.2, -0.15) is 0 Å². The fourth-order valence-electron chi connectivity index (χ4n) is 1.29. The van der Waals surface area contributed by atoms with E-state index in [0.717, 1.165) is 17.9 Å². The number of nitrogens with one attached hydrogen (secondary N) is 1. The summed E-state index contributed by atoms with van der Waals surface area (Å²) >= 11 is 0. The Bertz CT molecular complexity index is 485. The summed E-state index contributed by atoms with van der Waals surface area (Å²) in [6, 6.07) is 3.31. The van der Waals surface area contributed by atoms with E-state index < -0.39 is 0 Å². The van der Waals surface area contributed by atoms with Crippen LogP contribution in [0.25, 0.3) is 11.4 Å². The van der Waals surface area contributed by atoms with Crippen molar-refractivity contribution < 1.29 is 0 Å². The van der Waals surface area contributed by atoms with Crippen molar-refractivity contribution in [3.05, 3.63) is 35.0 Å². The third kappa shape index (κ3) is 1.44. The molecule has 0 unspecified atom stereocenters. The zero-order chi connectivity index (χ0) is 9.97. The maximum absolute atomic E-state index is 11.1. The summed E-state index contributed by atoms with van der Waals surface area (Å²) in [5.41, 5.74) is 0.654. The standard InChI is InChI=1S/C9H10N4O/c1-2-13-6-11-12-9(13)7-3-4-10-8(14)5-7/h3-6H,2H2,1H3,(H,10,14). The maximum Gasteiger partial charge on any atom is 0.248 e. The Kier molecular flexibility index (Phi) is 2.14. The van der Waals surface area contributed by atoms with Crippen molar-refractivity contribution in [1.82, 2.24) is 19.7 Å². The van der Waals surface area contributed by atoms with Crippen LogP contribution in [0.1, 0.15) is 6.92 Å². The molecule has 0 aliphatic rings. The van der Waals surface area contributed by atoms with Gasteiger partial charge >= 0.3 is 0 Å². The molecule has 0 saturated heterocycles. The van der Waals surface area contributed by atoms with Crippen LogP contribution in [0.15, 0.2) is 29.5 Å². The third-order valence-electron chi connectivity index (χ3n) is 1.99. The van der Waals surface area contributed by atoms with E-state index in [2.05, 4.69) is 15.2 Å². The maximum atomic E-state index is 11.1. The zero-order valence-electron chi connectivity index (χ0n) is 7.77. The molecule has 2 heterocycles. The van der Waals surface area contributed by atoms with Crippen molar-refractivity contribution >= 4 is 0 Å². The van der Waals surface area contributed by atoms with Gasteiger partial charge in [0.1, 0.15) is 6.33 Å². The highest BCUT2D eigenvalue weighted by Gasteiger charge is 2.05. The molecule has 0 amide bonds. The van der Waals surface area contributed by atoms with Crippen LogP contribution in [0.4, 0.5) is 0 Å². The summed E-state index contributed by atoms with van der Waals surface area (Å²) in [7, 11) is 0. The minimum atomic E-state index is -0.131. The van der Waals surface area contributed by atoms with Gasteiger partial charge in [-0.15, -0.1) is 10.2 Å².